The zero-order valence-electron chi connectivity index (χ0n) is 16.6. The Morgan fingerprint density at radius 3 is 2.56 bits per heavy atom. The molecule has 7 bridgehead atoms. The molecule has 0 aromatic rings. The normalized spacial score (nSPS) is 66.2. The molecule has 0 aromatic carbocycles. The molecular formula is C22H35NO4. The van der Waals surface area contributed by atoms with Crippen LogP contribution in [0.3, 0.4) is 0 Å². The van der Waals surface area contributed by atoms with Crippen molar-refractivity contribution in [3.8, 4) is 0 Å². The number of aliphatic hydroxyl groups is 4. The first-order valence-electron chi connectivity index (χ1n) is 11.2. The summed E-state index contributed by atoms with van der Waals surface area (Å²) in [5.41, 5.74) is -1.55. The average molecular weight is 378 g/mol. The Hall–Kier alpha value is -0.200. The predicted octanol–water partition coefficient (Wildman–Crippen LogP) is 0.988. The maximum atomic E-state index is 11.5. The Kier molecular flexibility index (Phi) is 3.21. The lowest BCUT2D eigenvalue weighted by atomic mass is 9.38. The van der Waals surface area contributed by atoms with E-state index in [1.54, 1.807) is 0 Å². The first-order chi connectivity index (χ1) is 12.8. The van der Waals surface area contributed by atoms with Gasteiger partial charge < -0.3 is 20.4 Å². The highest BCUT2D eigenvalue weighted by atomic mass is 16.4. The first kappa shape index (κ1) is 17.6. The van der Waals surface area contributed by atoms with Gasteiger partial charge in [0.2, 0.25) is 0 Å². The van der Waals surface area contributed by atoms with Gasteiger partial charge in [0, 0.05) is 23.4 Å². The van der Waals surface area contributed by atoms with Gasteiger partial charge in [-0.2, -0.15) is 0 Å². The second-order valence-electron chi connectivity index (χ2n) is 11.3. The van der Waals surface area contributed by atoms with E-state index >= 15 is 0 Å². The summed E-state index contributed by atoms with van der Waals surface area (Å²) < 4.78 is 0. The van der Waals surface area contributed by atoms with Crippen molar-refractivity contribution >= 4 is 0 Å². The van der Waals surface area contributed by atoms with E-state index in [2.05, 4.69) is 18.7 Å². The summed E-state index contributed by atoms with van der Waals surface area (Å²) in [7, 11) is 0. The van der Waals surface area contributed by atoms with Crippen molar-refractivity contribution in [1.29, 1.82) is 0 Å². The molecule has 5 nitrogen and oxygen atoms in total. The monoisotopic (exact) mass is 377 g/mol. The molecule has 7 rings (SSSR count). The molecule has 6 saturated carbocycles. The Bertz CT molecular complexity index is 687. The minimum absolute atomic E-state index is 0.0470. The van der Waals surface area contributed by atoms with Crippen LogP contribution in [-0.2, 0) is 0 Å². The first-order valence-corrected chi connectivity index (χ1v) is 11.2. The van der Waals surface area contributed by atoms with Gasteiger partial charge in [-0.25, -0.2) is 0 Å². The van der Waals surface area contributed by atoms with Crippen LogP contribution in [0.2, 0.25) is 0 Å². The van der Waals surface area contributed by atoms with Crippen LogP contribution < -0.4 is 0 Å². The van der Waals surface area contributed by atoms with Gasteiger partial charge in [-0.1, -0.05) is 13.8 Å². The highest BCUT2D eigenvalue weighted by Crippen LogP contribution is 2.83. The summed E-state index contributed by atoms with van der Waals surface area (Å²) >= 11 is 0. The number of rotatable bonds is 2. The molecule has 6 aliphatic carbocycles. The van der Waals surface area contributed by atoms with Crippen LogP contribution in [0, 0.1) is 39.9 Å². The molecule has 11 atom stereocenters. The quantitative estimate of drug-likeness (QED) is 0.577. The Morgan fingerprint density at radius 1 is 1.07 bits per heavy atom. The summed E-state index contributed by atoms with van der Waals surface area (Å²) in [6.45, 7) is 6.43. The van der Waals surface area contributed by atoms with Gasteiger partial charge in [0.15, 0.2) is 0 Å². The van der Waals surface area contributed by atoms with Crippen LogP contribution in [-0.4, -0.2) is 68.9 Å². The van der Waals surface area contributed by atoms with Gasteiger partial charge in [-0.15, -0.1) is 0 Å². The number of aliphatic hydroxyl groups excluding tert-OH is 3. The minimum atomic E-state index is -1.36. The lowest BCUT2D eigenvalue weighted by molar-refractivity contribution is -0.297. The molecule has 1 aliphatic heterocycles. The largest absolute Gasteiger partial charge is 0.393 e. The molecule has 0 radical (unpaired) electrons. The van der Waals surface area contributed by atoms with Crippen molar-refractivity contribution in [3.63, 3.8) is 0 Å². The zero-order valence-corrected chi connectivity index (χ0v) is 16.6. The number of hydrogen-bond donors (Lipinski definition) is 4. The standard InChI is InChI=1S/C22H35NO4/c1-3-23-10-19(2)6-5-16(25)22-14(19)9-13(17(22)23)20-7-4-12(8-15(20)22)21(27,11-24)18(20)26/h12-18,24-27H,3-11H2,1-2H3/t12-,13-,14+,15-,16-,17+,18-,19-,20-,21-,22-/m0/s1. The van der Waals surface area contributed by atoms with Gasteiger partial charge in [-0.05, 0) is 74.2 Å². The fourth-order valence-electron chi connectivity index (χ4n) is 10.4. The fourth-order valence-corrected chi connectivity index (χ4v) is 10.4. The number of nitrogens with zero attached hydrogens (tertiary/aromatic N) is 1. The van der Waals surface area contributed by atoms with Crippen molar-refractivity contribution in [3.05, 3.63) is 0 Å². The molecule has 5 heteroatoms. The second-order valence-corrected chi connectivity index (χ2v) is 11.3. The number of hydrogen-bond acceptors (Lipinski definition) is 5. The minimum Gasteiger partial charge on any atom is -0.393 e. The molecule has 152 valence electrons. The van der Waals surface area contributed by atoms with E-state index in [-0.39, 0.29) is 40.8 Å². The zero-order chi connectivity index (χ0) is 19.0. The van der Waals surface area contributed by atoms with Gasteiger partial charge in [0.25, 0.3) is 0 Å². The smallest absolute Gasteiger partial charge is 0.117 e. The fraction of sp³-hybridized carbons (Fsp3) is 1.00. The topological polar surface area (TPSA) is 84.2 Å². The van der Waals surface area contributed by atoms with E-state index in [0.717, 1.165) is 51.6 Å². The van der Waals surface area contributed by atoms with E-state index in [0.29, 0.717) is 17.9 Å². The van der Waals surface area contributed by atoms with Gasteiger partial charge in [0.05, 0.1) is 18.8 Å². The van der Waals surface area contributed by atoms with E-state index in [1.165, 1.54) is 0 Å². The van der Waals surface area contributed by atoms with Crippen molar-refractivity contribution in [2.45, 2.75) is 76.2 Å². The van der Waals surface area contributed by atoms with Crippen LogP contribution >= 0.6 is 0 Å². The van der Waals surface area contributed by atoms with Crippen LogP contribution in [0.25, 0.3) is 0 Å². The van der Waals surface area contributed by atoms with E-state index in [9.17, 15) is 20.4 Å². The van der Waals surface area contributed by atoms with Crippen LogP contribution in [0.5, 0.6) is 0 Å². The van der Waals surface area contributed by atoms with Crippen LogP contribution in [0.1, 0.15) is 52.4 Å². The summed E-state index contributed by atoms with van der Waals surface area (Å²) in [5.74, 6) is 1.10. The van der Waals surface area contributed by atoms with Crippen molar-refractivity contribution in [2.24, 2.45) is 39.9 Å². The third-order valence-electron chi connectivity index (χ3n) is 11.1. The van der Waals surface area contributed by atoms with Crippen molar-refractivity contribution in [1.82, 2.24) is 4.90 Å². The predicted molar refractivity (Wildman–Crippen MR) is 99.7 cm³/mol. The van der Waals surface area contributed by atoms with Gasteiger partial charge >= 0.3 is 0 Å². The van der Waals surface area contributed by atoms with Gasteiger partial charge in [-0.3, -0.25) is 4.90 Å². The average Bonchev–Trinajstić information content (AvgIpc) is 3.12. The van der Waals surface area contributed by atoms with Gasteiger partial charge in [0.1, 0.15) is 5.60 Å². The van der Waals surface area contributed by atoms with Crippen molar-refractivity contribution in [2.75, 3.05) is 19.7 Å². The summed E-state index contributed by atoms with van der Waals surface area (Å²) in [6.07, 6.45) is 4.61. The molecule has 0 amide bonds. The van der Waals surface area contributed by atoms with E-state index < -0.39 is 11.7 Å². The Morgan fingerprint density at radius 2 is 1.85 bits per heavy atom. The molecule has 0 unspecified atom stereocenters. The van der Waals surface area contributed by atoms with Crippen LogP contribution in [0.4, 0.5) is 0 Å². The molecule has 1 heterocycles. The van der Waals surface area contributed by atoms with Crippen molar-refractivity contribution < 1.29 is 20.4 Å². The van der Waals surface area contributed by atoms with E-state index in [1.807, 2.05) is 0 Å². The number of fused-ring (bicyclic) bond motifs is 2. The third-order valence-corrected chi connectivity index (χ3v) is 11.1. The lowest BCUT2D eigenvalue weighted by Gasteiger charge is -2.69. The maximum absolute atomic E-state index is 11.5. The molecule has 2 spiro atoms. The third kappa shape index (κ3) is 1.53. The lowest BCUT2D eigenvalue weighted by Crippen LogP contribution is -2.74. The SMILES string of the molecule is CCN1C[C@]2(C)CC[C@H](O)[C@@]34[C@@H]2C[C@@H]([C@@H]13)[C@@]12CC[C@@H](C[C@@H]14)[C@@](O)(CO)[C@H]2O. The second kappa shape index (κ2) is 4.92. The molecule has 0 aromatic heterocycles. The number of likely N-dealkylation sites (tertiary alicyclic amines) is 1. The summed E-state index contributed by atoms with van der Waals surface area (Å²) in [6, 6.07) is 0.329. The Balaban J connectivity index is 1.58. The highest BCUT2D eigenvalue weighted by Gasteiger charge is 2.86. The van der Waals surface area contributed by atoms with E-state index in [4.69, 9.17) is 0 Å². The molecule has 7 fully saturated rings. The molecule has 7 aliphatic rings. The molecule has 4 N–H and O–H groups in total. The maximum Gasteiger partial charge on any atom is 0.117 e. The number of piperidine rings is 1. The van der Waals surface area contributed by atoms with Crippen LogP contribution in [0.15, 0.2) is 0 Å². The highest BCUT2D eigenvalue weighted by molar-refractivity contribution is 5.35. The Labute approximate surface area is 161 Å². The summed E-state index contributed by atoms with van der Waals surface area (Å²) in [5, 5.41) is 44.3. The summed E-state index contributed by atoms with van der Waals surface area (Å²) in [4.78, 5) is 2.63. The molecule has 27 heavy (non-hydrogen) atoms. The molecule has 1 saturated heterocycles. The molecular weight excluding hydrogens is 342 g/mol.